The summed E-state index contributed by atoms with van der Waals surface area (Å²) in [6, 6.07) is 9.65. The van der Waals surface area contributed by atoms with Crippen LogP contribution in [0.25, 0.3) is 11.3 Å². The van der Waals surface area contributed by atoms with Crippen LogP contribution in [-0.2, 0) is 20.8 Å². The van der Waals surface area contributed by atoms with E-state index in [0.29, 0.717) is 30.0 Å². The van der Waals surface area contributed by atoms with Crippen LogP contribution in [-0.4, -0.2) is 41.1 Å². The molecule has 0 bridgehead atoms. The maximum absolute atomic E-state index is 12.7. The number of nitro groups is 1. The fraction of sp³-hybridized carbons (Fsp3) is 0.500. The fourth-order valence-electron chi connectivity index (χ4n) is 3.14. The van der Waals surface area contributed by atoms with Crippen LogP contribution in [0, 0.1) is 10.1 Å². The van der Waals surface area contributed by atoms with Gasteiger partial charge in [-0.05, 0) is 57.9 Å². The summed E-state index contributed by atoms with van der Waals surface area (Å²) in [4.78, 5) is 35.9. The van der Waals surface area contributed by atoms with Crippen LogP contribution in [0.2, 0.25) is 0 Å². The Bertz CT molecular complexity index is 929. The monoisotopic (exact) mass is 460 g/mol. The van der Waals surface area contributed by atoms with Crippen molar-refractivity contribution < 1.29 is 28.4 Å². The molecule has 1 aromatic carbocycles. The second-order valence-corrected chi connectivity index (χ2v) is 8.71. The highest BCUT2D eigenvalue weighted by Crippen LogP contribution is 2.25. The predicted octanol–water partition coefficient (Wildman–Crippen LogP) is 5.72. The molecular weight excluding hydrogens is 428 g/mol. The third kappa shape index (κ3) is 8.96. The zero-order chi connectivity index (χ0) is 24.4. The summed E-state index contributed by atoms with van der Waals surface area (Å²) in [7, 11) is 1.38. The molecule has 9 nitrogen and oxygen atoms in total. The Morgan fingerprint density at radius 2 is 1.70 bits per heavy atom. The lowest BCUT2D eigenvalue weighted by Gasteiger charge is -2.27. The van der Waals surface area contributed by atoms with Gasteiger partial charge in [0.25, 0.3) is 5.69 Å². The molecule has 0 spiro atoms. The summed E-state index contributed by atoms with van der Waals surface area (Å²) in [5, 5.41) is 10.8. The molecule has 1 aromatic heterocycles. The van der Waals surface area contributed by atoms with E-state index >= 15 is 0 Å². The van der Waals surface area contributed by atoms with Crippen LogP contribution >= 0.6 is 0 Å². The van der Waals surface area contributed by atoms with E-state index < -0.39 is 16.6 Å². The number of furan rings is 1. The summed E-state index contributed by atoms with van der Waals surface area (Å²) in [6.07, 6.45) is 3.20. The van der Waals surface area contributed by atoms with Gasteiger partial charge in [-0.2, -0.15) is 0 Å². The molecule has 0 aliphatic rings. The summed E-state index contributed by atoms with van der Waals surface area (Å²) >= 11 is 0. The van der Waals surface area contributed by atoms with Crippen molar-refractivity contribution in [3.05, 3.63) is 52.3 Å². The Balaban J connectivity index is 1.99. The molecule has 180 valence electrons. The van der Waals surface area contributed by atoms with Gasteiger partial charge >= 0.3 is 12.1 Å². The Kier molecular flexibility index (Phi) is 9.44. The first-order valence-electron chi connectivity index (χ1n) is 11.0. The number of hydrogen-bond acceptors (Lipinski definition) is 7. The van der Waals surface area contributed by atoms with E-state index in [0.717, 1.165) is 25.7 Å². The fourth-order valence-corrected chi connectivity index (χ4v) is 3.14. The van der Waals surface area contributed by atoms with Gasteiger partial charge in [0.2, 0.25) is 0 Å². The number of hydrogen-bond donors (Lipinski definition) is 0. The summed E-state index contributed by atoms with van der Waals surface area (Å²) in [5.74, 6) is 0.929. The highest BCUT2D eigenvalue weighted by atomic mass is 16.6. The van der Waals surface area contributed by atoms with Gasteiger partial charge in [-0.1, -0.05) is 12.8 Å². The van der Waals surface area contributed by atoms with Gasteiger partial charge in [0.15, 0.2) is 0 Å². The number of nitro benzene ring substituents is 1. The minimum absolute atomic E-state index is 0.00761. The Morgan fingerprint density at radius 3 is 2.30 bits per heavy atom. The smallest absolute Gasteiger partial charge is 0.410 e. The number of non-ortho nitro benzene ring substituents is 1. The molecule has 2 rings (SSSR count). The van der Waals surface area contributed by atoms with Crippen LogP contribution in [0.1, 0.15) is 58.6 Å². The molecule has 0 unspecified atom stereocenters. The molecular formula is C24H32N2O7. The van der Waals surface area contributed by atoms with Crippen LogP contribution < -0.4 is 0 Å². The van der Waals surface area contributed by atoms with E-state index in [1.165, 1.54) is 19.2 Å². The number of carbonyl (C=O) groups is 2. The number of methoxy groups -OCH3 is 1. The van der Waals surface area contributed by atoms with Crippen molar-refractivity contribution in [1.82, 2.24) is 4.90 Å². The van der Waals surface area contributed by atoms with Crippen molar-refractivity contribution in [2.24, 2.45) is 0 Å². The van der Waals surface area contributed by atoms with Crippen molar-refractivity contribution in [2.75, 3.05) is 13.7 Å². The maximum Gasteiger partial charge on any atom is 0.410 e. The van der Waals surface area contributed by atoms with Crippen LogP contribution in [0.4, 0.5) is 10.5 Å². The molecule has 0 fully saturated rings. The standard InChI is InChI=1S/C24H32N2O7/c1-24(2,3)33-23(28)25(16-8-6-5-7-9-22(27)31-4)17-20-14-15-21(32-20)18-10-12-19(13-11-18)26(29)30/h10-15H,5-9,16-17H2,1-4H3. The largest absolute Gasteiger partial charge is 0.469 e. The molecule has 0 saturated heterocycles. The molecule has 2 aromatic rings. The van der Waals surface area contributed by atoms with E-state index in [2.05, 4.69) is 4.74 Å². The minimum Gasteiger partial charge on any atom is -0.469 e. The predicted molar refractivity (Wildman–Crippen MR) is 123 cm³/mol. The minimum atomic E-state index is -0.622. The van der Waals surface area contributed by atoms with Gasteiger partial charge in [0.05, 0.1) is 18.6 Å². The summed E-state index contributed by atoms with van der Waals surface area (Å²) < 4.78 is 16.1. The molecule has 0 N–H and O–H groups in total. The first kappa shape index (κ1) is 25.9. The molecule has 1 amide bonds. The number of rotatable bonds is 11. The van der Waals surface area contributed by atoms with Crippen molar-refractivity contribution in [3.63, 3.8) is 0 Å². The van der Waals surface area contributed by atoms with E-state index in [-0.39, 0.29) is 18.2 Å². The molecule has 1 heterocycles. The molecule has 33 heavy (non-hydrogen) atoms. The van der Waals surface area contributed by atoms with Gasteiger partial charge < -0.3 is 18.8 Å². The Morgan fingerprint density at radius 1 is 1.03 bits per heavy atom. The number of carbonyl (C=O) groups excluding carboxylic acids is 2. The number of benzene rings is 1. The van der Waals surface area contributed by atoms with Gasteiger partial charge in [-0.3, -0.25) is 14.9 Å². The third-order valence-corrected chi connectivity index (χ3v) is 4.81. The van der Waals surface area contributed by atoms with Gasteiger partial charge in [-0.15, -0.1) is 0 Å². The number of ether oxygens (including phenoxy) is 2. The van der Waals surface area contributed by atoms with E-state index in [1.807, 2.05) is 20.8 Å². The maximum atomic E-state index is 12.7. The van der Waals surface area contributed by atoms with E-state index in [9.17, 15) is 19.7 Å². The first-order valence-corrected chi connectivity index (χ1v) is 11.0. The summed E-state index contributed by atoms with van der Waals surface area (Å²) in [6.45, 7) is 6.17. The lowest BCUT2D eigenvalue weighted by molar-refractivity contribution is -0.384. The molecule has 0 aliphatic heterocycles. The average Bonchev–Trinajstić information content (AvgIpc) is 3.22. The normalized spacial score (nSPS) is 11.2. The molecule has 0 atom stereocenters. The van der Waals surface area contributed by atoms with Crippen molar-refractivity contribution in [3.8, 4) is 11.3 Å². The second-order valence-electron chi connectivity index (χ2n) is 8.71. The van der Waals surface area contributed by atoms with E-state index in [4.69, 9.17) is 9.15 Å². The molecule has 0 aliphatic carbocycles. The van der Waals surface area contributed by atoms with Crippen molar-refractivity contribution >= 4 is 17.7 Å². The zero-order valence-corrected chi connectivity index (χ0v) is 19.7. The summed E-state index contributed by atoms with van der Waals surface area (Å²) in [5.41, 5.74) is 0.0950. The number of esters is 1. The zero-order valence-electron chi connectivity index (χ0n) is 19.7. The van der Waals surface area contributed by atoms with Crippen LogP contribution in [0.3, 0.4) is 0 Å². The highest BCUT2D eigenvalue weighted by molar-refractivity contribution is 5.69. The van der Waals surface area contributed by atoms with Crippen molar-refractivity contribution in [1.29, 1.82) is 0 Å². The quantitative estimate of drug-likeness (QED) is 0.182. The molecule has 9 heteroatoms. The Labute approximate surface area is 193 Å². The van der Waals surface area contributed by atoms with Gasteiger partial charge in [0.1, 0.15) is 17.1 Å². The number of amides is 1. The Hall–Kier alpha value is -3.36. The molecule has 0 saturated carbocycles. The number of unbranched alkanes of at least 4 members (excludes halogenated alkanes) is 3. The number of nitrogens with zero attached hydrogens (tertiary/aromatic N) is 2. The third-order valence-electron chi connectivity index (χ3n) is 4.81. The highest BCUT2D eigenvalue weighted by Gasteiger charge is 2.23. The van der Waals surface area contributed by atoms with Gasteiger partial charge in [0, 0.05) is 30.7 Å². The molecule has 0 radical (unpaired) electrons. The lowest BCUT2D eigenvalue weighted by Crippen LogP contribution is -2.37. The lowest BCUT2D eigenvalue weighted by atomic mass is 10.1. The van der Waals surface area contributed by atoms with Crippen LogP contribution in [0.5, 0.6) is 0 Å². The van der Waals surface area contributed by atoms with Gasteiger partial charge in [-0.25, -0.2) is 4.79 Å². The van der Waals surface area contributed by atoms with Crippen molar-refractivity contribution in [2.45, 2.75) is 65.0 Å². The van der Waals surface area contributed by atoms with E-state index in [1.54, 1.807) is 29.2 Å². The SMILES string of the molecule is COC(=O)CCCCCCN(Cc1ccc(-c2ccc([N+](=O)[O-])cc2)o1)C(=O)OC(C)(C)C. The average molecular weight is 461 g/mol. The van der Waals surface area contributed by atoms with Crippen LogP contribution in [0.15, 0.2) is 40.8 Å². The topological polar surface area (TPSA) is 112 Å². The second kappa shape index (κ2) is 12.0. The first-order chi connectivity index (χ1) is 15.6.